The molecule has 1 rings (SSSR count). The zero-order valence-corrected chi connectivity index (χ0v) is 12.3. The van der Waals surface area contributed by atoms with Crippen LogP contribution >= 0.6 is 0 Å². The van der Waals surface area contributed by atoms with Crippen LogP contribution in [0.25, 0.3) is 6.08 Å². The van der Waals surface area contributed by atoms with Crippen LogP contribution in [-0.4, -0.2) is 13.7 Å². The number of methoxy groups -OCH3 is 1. The Bertz CT molecular complexity index is 727. The average molecular weight is 294 g/mol. The molecule has 0 atom stereocenters. The highest BCUT2D eigenvalue weighted by atomic mass is 16.5. The summed E-state index contributed by atoms with van der Waals surface area (Å²) in [7, 11) is 1.53. The van der Waals surface area contributed by atoms with Crippen molar-refractivity contribution in [3.8, 4) is 29.7 Å². The van der Waals surface area contributed by atoms with E-state index in [0.717, 1.165) is 0 Å². The number of allylic oxidation sites excluding steroid dienone is 2. The summed E-state index contributed by atoms with van der Waals surface area (Å²) in [4.78, 5) is 0. The van der Waals surface area contributed by atoms with E-state index in [9.17, 15) is 0 Å². The maximum Gasteiger partial charge on any atom is 0.161 e. The summed E-state index contributed by atoms with van der Waals surface area (Å²) in [6, 6.07) is 10.3. The Morgan fingerprint density at radius 3 is 2.36 bits per heavy atom. The fourth-order valence-corrected chi connectivity index (χ4v) is 1.67. The van der Waals surface area contributed by atoms with Crippen LogP contribution in [0.5, 0.6) is 11.5 Å². The Labute approximate surface area is 128 Å². The Kier molecular flexibility index (Phi) is 6.04. The number of hydrogen-bond donors (Lipinski definition) is 1. The van der Waals surface area contributed by atoms with Crippen molar-refractivity contribution >= 4 is 6.08 Å². The molecule has 0 fully saturated rings. The minimum Gasteiger partial charge on any atom is -0.493 e. The molecule has 0 saturated carbocycles. The van der Waals surface area contributed by atoms with Gasteiger partial charge in [0.05, 0.1) is 25.0 Å². The van der Waals surface area contributed by atoms with Crippen LogP contribution in [0.1, 0.15) is 12.5 Å². The minimum atomic E-state index is -0.300. The van der Waals surface area contributed by atoms with Crippen LogP contribution in [0.2, 0.25) is 0 Å². The van der Waals surface area contributed by atoms with E-state index in [-0.39, 0.29) is 16.8 Å². The molecule has 0 aromatic heterocycles. The second-order valence-corrected chi connectivity index (χ2v) is 4.03. The smallest absolute Gasteiger partial charge is 0.161 e. The van der Waals surface area contributed by atoms with Crippen LogP contribution in [0.3, 0.4) is 0 Å². The van der Waals surface area contributed by atoms with Crippen LogP contribution < -0.4 is 15.2 Å². The molecule has 0 spiro atoms. The molecule has 0 bridgehead atoms. The topological polar surface area (TPSA) is 116 Å². The number of hydrogen-bond acceptors (Lipinski definition) is 6. The number of benzene rings is 1. The third kappa shape index (κ3) is 3.79. The van der Waals surface area contributed by atoms with Crippen molar-refractivity contribution in [2.45, 2.75) is 6.92 Å². The predicted molar refractivity (Wildman–Crippen MR) is 80.2 cm³/mol. The third-order valence-electron chi connectivity index (χ3n) is 2.70. The van der Waals surface area contributed by atoms with E-state index in [1.54, 1.807) is 30.3 Å². The van der Waals surface area contributed by atoms with E-state index in [2.05, 4.69) is 0 Å². The molecule has 0 saturated heterocycles. The molecule has 0 unspecified atom stereocenters. The van der Waals surface area contributed by atoms with E-state index in [1.807, 2.05) is 13.0 Å². The fourth-order valence-electron chi connectivity index (χ4n) is 1.67. The van der Waals surface area contributed by atoms with Gasteiger partial charge < -0.3 is 15.2 Å². The molecule has 0 aliphatic carbocycles. The molecule has 22 heavy (non-hydrogen) atoms. The maximum absolute atomic E-state index is 9.16. The maximum atomic E-state index is 9.16. The Hall–Kier alpha value is -3.43. The standard InChI is InChI=1S/C16H14N4O2/c1-3-22-15-7-11(4-5-14(15)21-2)6-12(8-17)16(20)13(9-18)10-19/h4-7H,3,20H2,1-2H3. The van der Waals surface area contributed by atoms with Gasteiger partial charge in [-0.1, -0.05) is 6.07 Å². The van der Waals surface area contributed by atoms with Gasteiger partial charge in [-0.15, -0.1) is 0 Å². The van der Waals surface area contributed by atoms with E-state index in [0.29, 0.717) is 23.7 Å². The number of nitrogens with two attached hydrogens (primary N) is 1. The quantitative estimate of drug-likeness (QED) is 0.657. The van der Waals surface area contributed by atoms with Gasteiger partial charge in [-0.3, -0.25) is 0 Å². The first-order valence-electron chi connectivity index (χ1n) is 6.34. The molecule has 1 aromatic carbocycles. The van der Waals surface area contributed by atoms with Gasteiger partial charge in [0.15, 0.2) is 17.1 Å². The van der Waals surface area contributed by atoms with Gasteiger partial charge in [0, 0.05) is 0 Å². The first-order valence-corrected chi connectivity index (χ1v) is 6.34. The van der Waals surface area contributed by atoms with Crippen molar-refractivity contribution in [1.29, 1.82) is 15.8 Å². The highest BCUT2D eigenvalue weighted by molar-refractivity contribution is 5.67. The normalized spacial score (nSPS) is 9.86. The van der Waals surface area contributed by atoms with Crippen molar-refractivity contribution in [1.82, 2.24) is 0 Å². The van der Waals surface area contributed by atoms with E-state index >= 15 is 0 Å². The number of nitrogens with zero attached hydrogens (tertiary/aromatic N) is 3. The molecule has 6 heteroatoms. The van der Waals surface area contributed by atoms with E-state index in [1.165, 1.54) is 13.2 Å². The van der Waals surface area contributed by atoms with Crippen LogP contribution in [0.15, 0.2) is 35.0 Å². The van der Waals surface area contributed by atoms with Crippen molar-refractivity contribution < 1.29 is 9.47 Å². The van der Waals surface area contributed by atoms with Gasteiger partial charge >= 0.3 is 0 Å². The van der Waals surface area contributed by atoms with Crippen molar-refractivity contribution in [2.75, 3.05) is 13.7 Å². The lowest BCUT2D eigenvalue weighted by atomic mass is 10.1. The summed E-state index contributed by atoms with van der Waals surface area (Å²) in [5.41, 5.74) is 5.90. The largest absolute Gasteiger partial charge is 0.493 e. The van der Waals surface area contributed by atoms with Gasteiger partial charge in [-0.25, -0.2) is 0 Å². The zero-order valence-electron chi connectivity index (χ0n) is 12.3. The molecule has 2 N–H and O–H groups in total. The molecule has 0 radical (unpaired) electrons. The molecule has 110 valence electrons. The summed E-state index contributed by atoms with van der Waals surface area (Å²) >= 11 is 0. The first-order chi connectivity index (χ1) is 10.6. The first kappa shape index (κ1) is 16.6. The molecule has 0 heterocycles. The van der Waals surface area contributed by atoms with Gasteiger partial charge in [0.25, 0.3) is 0 Å². The molecular formula is C16H14N4O2. The SMILES string of the molecule is CCOc1cc(C=C(C#N)C(N)=C(C#N)C#N)ccc1OC. The van der Waals surface area contributed by atoms with Gasteiger partial charge in [-0.05, 0) is 30.7 Å². The second-order valence-electron chi connectivity index (χ2n) is 4.03. The molecule has 6 nitrogen and oxygen atoms in total. The van der Waals surface area contributed by atoms with Crippen molar-refractivity contribution in [3.05, 3.63) is 40.6 Å². The van der Waals surface area contributed by atoms with Gasteiger partial charge in [-0.2, -0.15) is 15.8 Å². The van der Waals surface area contributed by atoms with E-state index < -0.39 is 0 Å². The lowest BCUT2D eigenvalue weighted by Gasteiger charge is -2.10. The summed E-state index contributed by atoms with van der Waals surface area (Å²) in [6.07, 6.45) is 1.48. The monoisotopic (exact) mass is 294 g/mol. The average Bonchev–Trinajstić information content (AvgIpc) is 2.54. The highest BCUT2D eigenvalue weighted by Gasteiger charge is 2.09. The summed E-state index contributed by atoms with van der Waals surface area (Å²) in [5, 5.41) is 26.8. The predicted octanol–water partition coefficient (Wildman–Crippen LogP) is 2.26. The Balaban J connectivity index is 3.35. The second kappa shape index (κ2) is 7.99. The fraction of sp³-hybridized carbons (Fsp3) is 0.188. The molecular weight excluding hydrogens is 280 g/mol. The minimum absolute atomic E-state index is 0.0331. The molecule has 0 aliphatic rings. The Morgan fingerprint density at radius 2 is 1.86 bits per heavy atom. The van der Waals surface area contributed by atoms with E-state index in [4.69, 9.17) is 31.0 Å². The highest BCUT2D eigenvalue weighted by Crippen LogP contribution is 2.29. The van der Waals surface area contributed by atoms with Crippen molar-refractivity contribution in [2.24, 2.45) is 5.73 Å². The zero-order chi connectivity index (χ0) is 16.5. The molecule has 0 amide bonds. The summed E-state index contributed by atoms with van der Waals surface area (Å²) in [5.74, 6) is 1.09. The van der Waals surface area contributed by atoms with Crippen LogP contribution in [0, 0.1) is 34.0 Å². The number of nitriles is 3. The van der Waals surface area contributed by atoms with Crippen molar-refractivity contribution in [3.63, 3.8) is 0 Å². The number of ether oxygens (including phenoxy) is 2. The van der Waals surface area contributed by atoms with Crippen LogP contribution in [0.4, 0.5) is 0 Å². The van der Waals surface area contributed by atoms with Gasteiger partial charge in [0.2, 0.25) is 0 Å². The third-order valence-corrected chi connectivity index (χ3v) is 2.70. The lowest BCUT2D eigenvalue weighted by Crippen LogP contribution is -2.03. The van der Waals surface area contributed by atoms with Gasteiger partial charge in [0.1, 0.15) is 18.2 Å². The molecule has 1 aromatic rings. The number of rotatable bonds is 5. The summed E-state index contributed by atoms with van der Waals surface area (Å²) in [6.45, 7) is 2.30. The summed E-state index contributed by atoms with van der Waals surface area (Å²) < 4.78 is 10.6. The molecule has 0 aliphatic heterocycles. The lowest BCUT2D eigenvalue weighted by molar-refractivity contribution is 0.311. The van der Waals surface area contributed by atoms with Crippen LogP contribution in [-0.2, 0) is 0 Å². The Morgan fingerprint density at radius 1 is 1.18 bits per heavy atom.